The van der Waals surface area contributed by atoms with E-state index in [1.165, 1.54) is 126 Å². The number of aromatic amines is 1. The molecule has 0 radical (unpaired) electrons. The van der Waals surface area contributed by atoms with Gasteiger partial charge in [-0.2, -0.15) is 0 Å². The highest BCUT2D eigenvalue weighted by molar-refractivity contribution is 6.70. The lowest BCUT2D eigenvalue weighted by Crippen LogP contribution is -2.55. The summed E-state index contributed by atoms with van der Waals surface area (Å²) in [6.07, 6.45) is 0. The number of rotatable bonds is 3. The standard InChI is InChI=1S/C36H34B10N2/c37-25-23(26(38)30(42)33(45)29(25)41)14-9-10-19(24-27(39)31(43)34(46)32(44)28(24)40)22(13-14)48-21-8-4-2-6-16(21)18-12-11-17-15-5-1-3-7-20(15)47-35(17)36(18)48/h1-13,47H,37-46H2. The Morgan fingerprint density at radius 2 is 0.958 bits per heavy atom. The molecule has 48 heavy (non-hydrogen) atoms. The Bertz CT molecular complexity index is 2630. The van der Waals surface area contributed by atoms with Gasteiger partial charge in [0.05, 0.1) is 22.2 Å². The molecule has 0 amide bonds. The van der Waals surface area contributed by atoms with Crippen LogP contribution in [-0.2, 0) is 0 Å². The Kier molecular flexibility index (Phi) is 7.11. The summed E-state index contributed by atoms with van der Waals surface area (Å²) < 4.78 is 2.56. The van der Waals surface area contributed by atoms with Gasteiger partial charge in [0.1, 0.15) is 78.5 Å². The molecule has 6 aromatic carbocycles. The summed E-state index contributed by atoms with van der Waals surface area (Å²) in [4.78, 5) is 3.86. The Hall–Kier alpha value is -4.43. The third kappa shape index (κ3) is 4.20. The summed E-state index contributed by atoms with van der Waals surface area (Å²) in [5.74, 6) is 0. The molecule has 0 unspecified atom stereocenters. The highest BCUT2D eigenvalue weighted by Crippen LogP contribution is 2.41. The van der Waals surface area contributed by atoms with E-state index in [1.807, 2.05) is 0 Å². The minimum absolute atomic E-state index is 1.17. The quantitative estimate of drug-likeness (QED) is 0.194. The number of para-hydroxylation sites is 2. The van der Waals surface area contributed by atoms with Gasteiger partial charge in [0.25, 0.3) is 0 Å². The summed E-state index contributed by atoms with van der Waals surface area (Å²) in [5, 5.41) is 5.04. The zero-order valence-corrected chi connectivity index (χ0v) is 30.0. The smallest absolute Gasteiger partial charge is 0.139 e. The summed E-state index contributed by atoms with van der Waals surface area (Å²) in [6, 6.07) is 29.5. The van der Waals surface area contributed by atoms with E-state index in [-0.39, 0.29) is 0 Å². The second-order valence-electron chi connectivity index (χ2n) is 14.1. The maximum absolute atomic E-state index is 3.86. The van der Waals surface area contributed by atoms with Gasteiger partial charge in [0.15, 0.2) is 0 Å². The first-order chi connectivity index (χ1) is 23.0. The number of nitrogens with one attached hydrogen (secondary N) is 1. The van der Waals surface area contributed by atoms with Crippen molar-refractivity contribution in [1.29, 1.82) is 0 Å². The molecule has 0 spiro atoms. The van der Waals surface area contributed by atoms with Crippen molar-refractivity contribution < 1.29 is 0 Å². The van der Waals surface area contributed by atoms with Crippen LogP contribution in [0, 0.1) is 0 Å². The molecule has 2 aromatic heterocycles. The van der Waals surface area contributed by atoms with Crippen molar-refractivity contribution >= 4 is 177 Å². The molecule has 8 rings (SSSR count). The van der Waals surface area contributed by atoms with Crippen molar-refractivity contribution in [3.8, 4) is 27.9 Å². The van der Waals surface area contributed by atoms with Crippen LogP contribution < -0.4 is 54.6 Å². The van der Waals surface area contributed by atoms with Gasteiger partial charge in [-0.25, -0.2) is 0 Å². The predicted molar refractivity (Wildman–Crippen MR) is 243 cm³/mol. The fraction of sp³-hybridized carbons (Fsp3) is 0. The first-order valence-electron chi connectivity index (χ1n) is 17.2. The monoisotopic (exact) mass is 604 g/mol. The molecular formula is C36H34B10N2. The van der Waals surface area contributed by atoms with Gasteiger partial charge in [0, 0.05) is 32.6 Å². The van der Waals surface area contributed by atoms with E-state index >= 15 is 0 Å². The van der Waals surface area contributed by atoms with E-state index in [2.05, 4.69) is 167 Å². The van der Waals surface area contributed by atoms with Crippen LogP contribution in [0.15, 0.2) is 78.9 Å². The second kappa shape index (κ2) is 11.1. The van der Waals surface area contributed by atoms with E-state index in [9.17, 15) is 0 Å². The summed E-state index contributed by atoms with van der Waals surface area (Å²) >= 11 is 0. The van der Waals surface area contributed by atoms with Crippen molar-refractivity contribution in [2.24, 2.45) is 0 Å². The number of nitrogens with zero attached hydrogens (tertiary/aromatic N) is 1. The first kappa shape index (κ1) is 30.9. The van der Waals surface area contributed by atoms with E-state index in [4.69, 9.17) is 0 Å². The molecule has 0 aliphatic carbocycles. The van der Waals surface area contributed by atoms with Gasteiger partial charge >= 0.3 is 0 Å². The Labute approximate surface area is 291 Å². The van der Waals surface area contributed by atoms with Crippen LogP contribution in [-0.4, -0.2) is 88.0 Å². The fourth-order valence-electron chi connectivity index (χ4n) is 8.54. The topological polar surface area (TPSA) is 20.7 Å². The summed E-state index contributed by atoms with van der Waals surface area (Å²) in [5.41, 5.74) is 25.0. The van der Waals surface area contributed by atoms with Crippen LogP contribution in [0.3, 0.4) is 0 Å². The molecular weight excluding hydrogens is 569 g/mol. The normalized spacial score (nSPS) is 11.8. The molecule has 0 saturated heterocycles. The number of H-pyrrole nitrogens is 1. The summed E-state index contributed by atoms with van der Waals surface area (Å²) in [6.45, 7) is 0. The number of hydrogen-bond acceptors (Lipinski definition) is 0. The van der Waals surface area contributed by atoms with E-state index in [0.717, 1.165) is 0 Å². The molecule has 2 heterocycles. The average molecular weight is 603 g/mol. The van der Waals surface area contributed by atoms with Crippen molar-refractivity contribution in [3.05, 3.63) is 78.9 Å². The molecule has 1 N–H and O–H groups in total. The largest absolute Gasteiger partial charge is 0.353 e. The van der Waals surface area contributed by atoms with Gasteiger partial charge in [-0.3, -0.25) is 0 Å². The van der Waals surface area contributed by atoms with Gasteiger partial charge in [-0.1, -0.05) is 82.5 Å². The Morgan fingerprint density at radius 3 is 1.60 bits per heavy atom. The van der Waals surface area contributed by atoms with Crippen molar-refractivity contribution in [2.45, 2.75) is 0 Å². The van der Waals surface area contributed by atoms with E-state index in [0.29, 0.717) is 0 Å². The molecule has 218 valence electrons. The molecule has 0 aliphatic rings. The van der Waals surface area contributed by atoms with Gasteiger partial charge in [-0.05, 0) is 34.9 Å². The first-order valence-corrected chi connectivity index (χ1v) is 17.2. The third-order valence-corrected chi connectivity index (χ3v) is 12.1. The molecule has 0 atom stereocenters. The van der Waals surface area contributed by atoms with Gasteiger partial charge < -0.3 is 9.55 Å². The molecule has 0 aliphatic heterocycles. The van der Waals surface area contributed by atoms with Crippen LogP contribution in [0.2, 0.25) is 0 Å². The molecule has 0 saturated carbocycles. The van der Waals surface area contributed by atoms with E-state index < -0.39 is 0 Å². The lowest BCUT2D eigenvalue weighted by atomic mass is 9.59. The van der Waals surface area contributed by atoms with Crippen molar-refractivity contribution in [2.75, 3.05) is 0 Å². The lowest BCUT2D eigenvalue weighted by Gasteiger charge is -2.25. The summed E-state index contributed by atoms with van der Waals surface area (Å²) in [7, 11) is 22.9. The van der Waals surface area contributed by atoms with Crippen LogP contribution in [0.1, 0.15) is 0 Å². The lowest BCUT2D eigenvalue weighted by molar-refractivity contribution is 1.19. The predicted octanol–water partition coefficient (Wildman–Crippen LogP) is -7.66. The Balaban J connectivity index is 1.59. The average Bonchev–Trinajstić information content (AvgIpc) is 3.65. The highest BCUT2D eigenvalue weighted by atomic mass is 15.0. The van der Waals surface area contributed by atoms with Crippen LogP contribution in [0.5, 0.6) is 0 Å². The fourth-order valence-corrected chi connectivity index (χ4v) is 8.54. The number of benzene rings is 6. The molecule has 8 aromatic rings. The maximum Gasteiger partial charge on any atom is 0.139 e. The molecule has 0 fully saturated rings. The third-order valence-electron chi connectivity index (χ3n) is 12.1. The minimum atomic E-state index is 1.17. The van der Waals surface area contributed by atoms with E-state index in [1.54, 1.807) is 0 Å². The number of fused-ring (bicyclic) bond motifs is 7. The van der Waals surface area contributed by atoms with Gasteiger partial charge in [0.2, 0.25) is 0 Å². The zero-order chi connectivity index (χ0) is 33.8. The maximum atomic E-state index is 3.86. The van der Waals surface area contributed by atoms with Crippen LogP contribution in [0.25, 0.3) is 71.6 Å². The van der Waals surface area contributed by atoms with Crippen LogP contribution in [0.4, 0.5) is 0 Å². The number of hydrogen-bond donors (Lipinski definition) is 1. The Morgan fingerprint density at radius 1 is 0.438 bits per heavy atom. The van der Waals surface area contributed by atoms with Crippen LogP contribution >= 0.6 is 0 Å². The van der Waals surface area contributed by atoms with Crippen molar-refractivity contribution in [1.82, 2.24) is 9.55 Å². The second-order valence-corrected chi connectivity index (χ2v) is 14.1. The molecule has 2 nitrogen and oxygen atoms in total. The molecule has 0 bridgehead atoms. The highest BCUT2D eigenvalue weighted by Gasteiger charge is 2.23. The SMILES string of the molecule is Bc1c(B)c(B)c(-c2ccc(-c3c(B)c(B)c(B)c(B)c3B)c(-n3c4ccccc4c4ccc5c6ccccc6[nH]c5c43)c2)c(B)c1B. The zero-order valence-electron chi connectivity index (χ0n) is 30.0. The number of aromatic nitrogens is 2. The minimum Gasteiger partial charge on any atom is -0.353 e. The van der Waals surface area contributed by atoms with Crippen molar-refractivity contribution in [3.63, 3.8) is 0 Å². The van der Waals surface area contributed by atoms with Gasteiger partial charge in [-0.15, -0.1) is 32.8 Å². The molecule has 12 heteroatoms.